The third-order valence-corrected chi connectivity index (χ3v) is 5.93. The molecule has 30 heavy (non-hydrogen) atoms. The van der Waals surface area contributed by atoms with E-state index in [1.54, 1.807) is 0 Å². The largest absolute Gasteiger partial charge is 0.391 e. The summed E-state index contributed by atoms with van der Waals surface area (Å²) >= 11 is 0. The van der Waals surface area contributed by atoms with E-state index in [1.807, 2.05) is 0 Å². The molecule has 8 nitrogen and oxygen atoms in total. The number of hydrogen-bond acceptors (Lipinski definition) is 6. The summed E-state index contributed by atoms with van der Waals surface area (Å²) in [6, 6.07) is -1.82. The summed E-state index contributed by atoms with van der Waals surface area (Å²) in [6.45, 7) is 6.66. The van der Waals surface area contributed by atoms with Crippen LogP contribution in [0.2, 0.25) is 0 Å². The van der Waals surface area contributed by atoms with Crippen LogP contribution < -0.4 is 21.7 Å². The van der Waals surface area contributed by atoms with Crippen LogP contribution in [0.25, 0.3) is 0 Å². The number of aliphatic hydroxyl groups excluding tert-OH is 1. The maximum atomic E-state index is 12.9. The van der Waals surface area contributed by atoms with Crippen molar-refractivity contribution in [2.45, 2.75) is 90.3 Å². The van der Waals surface area contributed by atoms with Gasteiger partial charge in [-0.25, -0.2) is 0 Å². The number of aliphatic hydroxyl groups is 1. The molecule has 8 heteroatoms. The lowest BCUT2D eigenvalue weighted by Crippen LogP contribution is -2.57. The van der Waals surface area contributed by atoms with Gasteiger partial charge in [-0.3, -0.25) is 14.4 Å². The lowest BCUT2D eigenvalue weighted by atomic mass is 9.89. The Morgan fingerprint density at radius 2 is 1.77 bits per heavy atom. The summed E-state index contributed by atoms with van der Waals surface area (Å²) in [5.74, 6) is -0.984. The number of nitrogens with two attached hydrogens (primary N) is 1. The van der Waals surface area contributed by atoms with Gasteiger partial charge in [-0.2, -0.15) is 0 Å². The molecular formula is C22H42N4O4. The average Bonchev–Trinajstić information content (AvgIpc) is 3.16. The van der Waals surface area contributed by atoms with Gasteiger partial charge in [0.1, 0.15) is 6.04 Å². The zero-order valence-electron chi connectivity index (χ0n) is 18.9. The Morgan fingerprint density at radius 3 is 2.37 bits per heavy atom. The molecule has 1 aliphatic rings. The van der Waals surface area contributed by atoms with Crippen molar-refractivity contribution in [3.8, 4) is 0 Å². The van der Waals surface area contributed by atoms with Crippen LogP contribution in [0.15, 0.2) is 0 Å². The van der Waals surface area contributed by atoms with Crippen molar-refractivity contribution < 1.29 is 19.5 Å². The molecule has 0 unspecified atom stereocenters. The second-order valence-corrected chi connectivity index (χ2v) is 8.56. The molecule has 5 atom stereocenters. The monoisotopic (exact) mass is 426 g/mol. The summed E-state index contributed by atoms with van der Waals surface area (Å²) in [5, 5.41) is 18.7. The number of amides is 2. The first-order chi connectivity index (χ1) is 14.3. The predicted molar refractivity (Wildman–Crippen MR) is 118 cm³/mol. The fourth-order valence-electron chi connectivity index (χ4n) is 4.00. The number of carbonyl (C=O) groups is 3. The highest BCUT2D eigenvalue weighted by atomic mass is 16.3. The molecule has 0 aromatic heterocycles. The molecule has 1 fully saturated rings. The number of hydrogen-bond donors (Lipinski definition) is 5. The number of unbranched alkanes of at least 4 members (excludes halogenated alkanes) is 5. The molecule has 174 valence electrons. The van der Waals surface area contributed by atoms with Crippen molar-refractivity contribution in [3.63, 3.8) is 0 Å². The Kier molecular flexibility index (Phi) is 12.8. The quantitative estimate of drug-likeness (QED) is 0.247. The maximum Gasteiger partial charge on any atom is 0.245 e. The molecule has 1 rings (SSSR count). The van der Waals surface area contributed by atoms with Crippen LogP contribution in [-0.4, -0.2) is 60.5 Å². The van der Waals surface area contributed by atoms with Crippen LogP contribution in [0.3, 0.4) is 0 Å². The number of nitrogens with one attached hydrogen (secondary N) is 3. The molecule has 0 aromatic carbocycles. The van der Waals surface area contributed by atoms with E-state index in [4.69, 9.17) is 5.73 Å². The second-order valence-electron chi connectivity index (χ2n) is 8.56. The van der Waals surface area contributed by atoms with Gasteiger partial charge in [0, 0.05) is 6.54 Å². The topological polar surface area (TPSA) is 134 Å². The highest BCUT2D eigenvalue weighted by molar-refractivity contribution is 5.92. The zero-order chi connectivity index (χ0) is 22.5. The van der Waals surface area contributed by atoms with Gasteiger partial charge in [-0.1, -0.05) is 45.4 Å². The highest BCUT2D eigenvalue weighted by Gasteiger charge is 2.36. The van der Waals surface area contributed by atoms with E-state index in [0.29, 0.717) is 13.0 Å². The van der Waals surface area contributed by atoms with E-state index in [9.17, 15) is 19.5 Å². The van der Waals surface area contributed by atoms with E-state index < -0.39 is 24.1 Å². The molecule has 0 aromatic rings. The van der Waals surface area contributed by atoms with E-state index in [0.717, 1.165) is 19.4 Å². The summed E-state index contributed by atoms with van der Waals surface area (Å²) in [7, 11) is 0. The summed E-state index contributed by atoms with van der Waals surface area (Å²) in [5.41, 5.74) is 5.50. The van der Waals surface area contributed by atoms with E-state index in [-0.39, 0.29) is 30.1 Å². The van der Waals surface area contributed by atoms with Crippen molar-refractivity contribution in [1.82, 2.24) is 16.0 Å². The number of carbonyl (C=O) groups excluding carboxylic acids is 3. The van der Waals surface area contributed by atoms with Crippen molar-refractivity contribution in [1.29, 1.82) is 0 Å². The van der Waals surface area contributed by atoms with Gasteiger partial charge < -0.3 is 26.8 Å². The van der Waals surface area contributed by atoms with Gasteiger partial charge in [0.05, 0.1) is 18.1 Å². The Labute approximate surface area is 181 Å². The maximum absolute atomic E-state index is 12.9. The molecule has 0 aliphatic carbocycles. The zero-order valence-corrected chi connectivity index (χ0v) is 18.9. The van der Waals surface area contributed by atoms with Crippen molar-refractivity contribution in [2.75, 3.05) is 19.6 Å². The van der Waals surface area contributed by atoms with Crippen LogP contribution >= 0.6 is 0 Å². The Morgan fingerprint density at radius 1 is 1.10 bits per heavy atom. The first kappa shape index (κ1) is 26.5. The molecule has 0 spiro atoms. The van der Waals surface area contributed by atoms with Crippen LogP contribution in [0.1, 0.15) is 72.1 Å². The van der Waals surface area contributed by atoms with Gasteiger partial charge in [0.2, 0.25) is 11.8 Å². The molecule has 2 amide bonds. The van der Waals surface area contributed by atoms with E-state index >= 15 is 0 Å². The molecule has 1 saturated heterocycles. The Hall–Kier alpha value is -1.51. The van der Waals surface area contributed by atoms with E-state index in [2.05, 4.69) is 22.9 Å². The highest BCUT2D eigenvalue weighted by Crippen LogP contribution is 2.24. The number of Topliss-reactive ketones (excluding diaryl/α,β-unsaturated/α-hetero) is 1. The minimum atomic E-state index is -1.10. The third-order valence-electron chi connectivity index (χ3n) is 5.93. The molecule has 1 aliphatic heterocycles. The normalized spacial score (nSPS) is 21.6. The Balaban J connectivity index is 2.59. The minimum Gasteiger partial charge on any atom is -0.391 e. The average molecular weight is 427 g/mol. The summed E-state index contributed by atoms with van der Waals surface area (Å²) in [6.07, 6.45) is 7.48. The first-order valence-electron chi connectivity index (χ1n) is 11.5. The SMILES string of the molecule is CCCCCCCC[C@@H]1CNC[C@H]1C(=O)N[C@H](C(=O)N[C@@H](CCN)C(C)=O)[C@H](C)O. The van der Waals surface area contributed by atoms with Crippen LogP contribution in [0.5, 0.6) is 0 Å². The van der Waals surface area contributed by atoms with Gasteiger partial charge in [-0.05, 0) is 45.7 Å². The molecule has 1 heterocycles. The van der Waals surface area contributed by atoms with Crippen LogP contribution in [0, 0.1) is 11.8 Å². The molecule has 0 saturated carbocycles. The standard InChI is InChI=1S/C22H42N4O4/c1-4-5-6-7-8-9-10-17-13-24-14-18(17)21(29)26-20(16(3)28)22(30)25-19(11-12-23)15(2)27/h16-20,24,28H,4-14,23H2,1-3H3,(H,25,30)(H,26,29)/t16-,17+,18+,19-,20-/m0/s1. The molecular weight excluding hydrogens is 384 g/mol. The summed E-state index contributed by atoms with van der Waals surface area (Å²) < 4.78 is 0. The van der Waals surface area contributed by atoms with Gasteiger partial charge >= 0.3 is 0 Å². The molecule has 6 N–H and O–H groups in total. The number of ketones is 1. The van der Waals surface area contributed by atoms with Crippen LogP contribution in [-0.2, 0) is 14.4 Å². The smallest absolute Gasteiger partial charge is 0.245 e. The lowest BCUT2D eigenvalue weighted by Gasteiger charge is -2.26. The van der Waals surface area contributed by atoms with Crippen molar-refractivity contribution in [2.24, 2.45) is 17.6 Å². The van der Waals surface area contributed by atoms with E-state index in [1.165, 1.54) is 46.0 Å². The van der Waals surface area contributed by atoms with Gasteiger partial charge in [-0.15, -0.1) is 0 Å². The fourth-order valence-corrected chi connectivity index (χ4v) is 4.00. The second kappa shape index (κ2) is 14.5. The fraction of sp³-hybridized carbons (Fsp3) is 0.864. The van der Waals surface area contributed by atoms with Crippen molar-refractivity contribution in [3.05, 3.63) is 0 Å². The first-order valence-corrected chi connectivity index (χ1v) is 11.5. The number of rotatable bonds is 15. The molecule has 0 bridgehead atoms. The molecule has 0 radical (unpaired) electrons. The van der Waals surface area contributed by atoms with Gasteiger partial charge in [0.15, 0.2) is 5.78 Å². The van der Waals surface area contributed by atoms with Crippen LogP contribution in [0.4, 0.5) is 0 Å². The minimum absolute atomic E-state index is 0.205. The van der Waals surface area contributed by atoms with Crippen molar-refractivity contribution >= 4 is 17.6 Å². The predicted octanol–water partition coefficient (Wildman–Crippen LogP) is 0.861. The third kappa shape index (κ3) is 9.10. The Bertz CT molecular complexity index is 541. The van der Waals surface area contributed by atoms with Gasteiger partial charge in [0.25, 0.3) is 0 Å². The lowest BCUT2D eigenvalue weighted by molar-refractivity contribution is -0.135. The summed E-state index contributed by atoms with van der Waals surface area (Å²) in [4.78, 5) is 37.2.